The summed E-state index contributed by atoms with van der Waals surface area (Å²) in [5.41, 5.74) is 0.753. The summed E-state index contributed by atoms with van der Waals surface area (Å²) in [6.07, 6.45) is 0. The van der Waals surface area contributed by atoms with Gasteiger partial charge in [-0.15, -0.1) is 0 Å². The van der Waals surface area contributed by atoms with E-state index >= 15 is 0 Å². The summed E-state index contributed by atoms with van der Waals surface area (Å²) in [6.45, 7) is 5.52. The van der Waals surface area contributed by atoms with Crippen LogP contribution in [0.3, 0.4) is 0 Å². The highest BCUT2D eigenvalue weighted by Gasteiger charge is 2.07. The van der Waals surface area contributed by atoms with Crippen LogP contribution in [0.1, 0.15) is 6.92 Å². The Kier molecular flexibility index (Phi) is 3.01. The highest BCUT2D eigenvalue weighted by atomic mass is 19.2. The van der Waals surface area contributed by atoms with E-state index in [0.717, 1.165) is 11.6 Å². The molecule has 1 aromatic rings. The van der Waals surface area contributed by atoms with Crippen LogP contribution < -0.4 is 4.74 Å². The summed E-state index contributed by atoms with van der Waals surface area (Å²) >= 11 is 0. The van der Waals surface area contributed by atoms with E-state index in [1.807, 2.05) is 0 Å². The third-order valence-electron chi connectivity index (χ3n) is 1.39. The molecule has 0 aliphatic heterocycles. The van der Waals surface area contributed by atoms with Crippen molar-refractivity contribution in [1.82, 2.24) is 0 Å². The molecule has 0 saturated carbocycles. The molecule has 0 bridgehead atoms. The van der Waals surface area contributed by atoms with E-state index in [2.05, 4.69) is 6.58 Å². The van der Waals surface area contributed by atoms with Gasteiger partial charge in [-0.2, -0.15) is 4.39 Å². The van der Waals surface area contributed by atoms with E-state index in [-0.39, 0.29) is 12.4 Å². The fourth-order valence-corrected chi connectivity index (χ4v) is 0.796. The van der Waals surface area contributed by atoms with E-state index in [1.165, 1.54) is 12.1 Å². The smallest absolute Gasteiger partial charge is 0.200 e. The molecular formula is C10H10F2O. The van der Waals surface area contributed by atoms with Gasteiger partial charge in [-0.05, 0) is 24.6 Å². The molecular weight excluding hydrogens is 174 g/mol. The summed E-state index contributed by atoms with van der Waals surface area (Å²) < 4.78 is 30.5. The van der Waals surface area contributed by atoms with Crippen molar-refractivity contribution in [3.05, 3.63) is 42.0 Å². The molecule has 13 heavy (non-hydrogen) atoms. The highest BCUT2D eigenvalue weighted by Crippen LogP contribution is 2.19. The molecule has 3 heteroatoms. The zero-order chi connectivity index (χ0) is 9.84. The highest BCUT2D eigenvalue weighted by molar-refractivity contribution is 5.25. The lowest BCUT2D eigenvalue weighted by Gasteiger charge is -2.06. The molecule has 0 radical (unpaired) electrons. The summed E-state index contributed by atoms with van der Waals surface area (Å²) in [6, 6.07) is 3.82. The molecule has 0 amide bonds. The molecule has 0 aliphatic carbocycles. The van der Waals surface area contributed by atoms with Crippen molar-refractivity contribution in [3.63, 3.8) is 0 Å². The van der Waals surface area contributed by atoms with Gasteiger partial charge >= 0.3 is 0 Å². The molecule has 0 atom stereocenters. The number of ether oxygens (including phenoxy) is 1. The third-order valence-corrected chi connectivity index (χ3v) is 1.39. The average molecular weight is 184 g/mol. The fourth-order valence-electron chi connectivity index (χ4n) is 0.796. The first-order valence-electron chi connectivity index (χ1n) is 3.82. The van der Waals surface area contributed by atoms with E-state index in [9.17, 15) is 8.78 Å². The molecule has 0 unspecified atom stereocenters. The van der Waals surface area contributed by atoms with E-state index in [0.29, 0.717) is 0 Å². The minimum Gasteiger partial charge on any atom is -0.486 e. The Morgan fingerprint density at radius 3 is 2.77 bits per heavy atom. The van der Waals surface area contributed by atoms with Gasteiger partial charge in [0.2, 0.25) is 5.82 Å². The summed E-state index contributed by atoms with van der Waals surface area (Å²) in [7, 11) is 0. The molecule has 1 nitrogen and oxygen atoms in total. The Balaban J connectivity index is 2.77. The molecule has 1 aromatic carbocycles. The maximum Gasteiger partial charge on any atom is 0.200 e. The Bertz CT molecular complexity index is 321. The van der Waals surface area contributed by atoms with Crippen LogP contribution in [0, 0.1) is 11.6 Å². The number of hydrogen-bond acceptors (Lipinski definition) is 1. The van der Waals surface area contributed by atoms with Crippen LogP contribution in [-0.2, 0) is 0 Å². The predicted octanol–water partition coefficient (Wildman–Crippen LogP) is 2.92. The normalized spacial score (nSPS) is 9.77. The molecule has 0 heterocycles. The van der Waals surface area contributed by atoms with Crippen LogP contribution in [-0.4, -0.2) is 6.61 Å². The second-order valence-electron chi connectivity index (χ2n) is 2.80. The first-order valence-corrected chi connectivity index (χ1v) is 3.82. The number of halogens is 2. The second-order valence-corrected chi connectivity index (χ2v) is 2.80. The second kappa shape index (κ2) is 4.03. The van der Waals surface area contributed by atoms with Crippen LogP contribution in [0.2, 0.25) is 0 Å². The van der Waals surface area contributed by atoms with E-state index in [4.69, 9.17) is 4.74 Å². The van der Waals surface area contributed by atoms with Gasteiger partial charge in [0.1, 0.15) is 6.61 Å². The van der Waals surface area contributed by atoms with Crippen molar-refractivity contribution in [1.29, 1.82) is 0 Å². The summed E-state index contributed by atoms with van der Waals surface area (Å²) in [4.78, 5) is 0. The molecule has 70 valence electrons. The van der Waals surface area contributed by atoms with Crippen LogP contribution >= 0.6 is 0 Å². The molecule has 0 aromatic heterocycles. The summed E-state index contributed by atoms with van der Waals surface area (Å²) in [5, 5.41) is 0. The quantitative estimate of drug-likeness (QED) is 0.656. The van der Waals surface area contributed by atoms with Gasteiger partial charge in [-0.3, -0.25) is 0 Å². The van der Waals surface area contributed by atoms with Crippen LogP contribution in [0.25, 0.3) is 0 Å². The Morgan fingerprint density at radius 2 is 2.15 bits per heavy atom. The van der Waals surface area contributed by atoms with Gasteiger partial charge in [-0.25, -0.2) is 4.39 Å². The minimum atomic E-state index is -0.955. The third kappa shape index (κ3) is 2.54. The SMILES string of the molecule is C=C(C)COc1cccc(F)c1F. The van der Waals surface area contributed by atoms with Gasteiger partial charge in [-0.1, -0.05) is 12.6 Å². The van der Waals surface area contributed by atoms with Gasteiger partial charge in [0, 0.05) is 0 Å². The first kappa shape index (κ1) is 9.71. The maximum absolute atomic E-state index is 12.9. The Morgan fingerprint density at radius 1 is 1.46 bits per heavy atom. The van der Waals surface area contributed by atoms with Gasteiger partial charge in [0.25, 0.3) is 0 Å². The van der Waals surface area contributed by atoms with Crippen molar-refractivity contribution < 1.29 is 13.5 Å². The maximum atomic E-state index is 12.9. The van der Waals surface area contributed by atoms with E-state index in [1.54, 1.807) is 6.92 Å². The molecule has 0 spiro atoms. The number of benzene rings is 1. The van der Waals surface area contributed by atoms with Crippen molar-refractivity contribution in [2.24, 2.45) is 0 Å². The Hall–Kier alpha value is -1.38. The minimum absolute atomic E-state index is 0.0806. The van der Waals surface area contributed by atoms with Crippen LogP contribution in [0.15, 0.2) is 30.4 Å². The van der Waals surface area contributed by atoms with Gasteiger partial charge in [0.15, 0.2) is 11.6 Å². The monoisotopic (exact) mass is 184 g/mol. The van der Waals surface area contributed by atoms with Crippen LogP contribution in [0.4, 0.5) is 8.78 Å². The largest absolute Gasteiger partial charge is 0.486 e. The number of rotatable bonds is 3. The van der Waals surface area contributed by atoms with Crippen molar-refractivity contribution >= 4 is 0 Å². The van der Waals surface area contributed by atoms with Crippen molar-refractivity contribution in [2.45, 2.75) is 6.92 Å². The lowest BCUT2D eigenvalue weighted by molar-refractivity contribution is 0.324. The topological polar surface area (TPSA) is 9.23 Å². The predicted molar refractivity (Wildman–Crippen MR) is 46.7 cm³/mol. The molecule has 1 rings (SSSR count). The summed E-state index contributed by atoms with van der Waals surface area (Å²) in [5.74, 6) is -1.94. The Labute approximate surface area is 75.6 Å². The average Bonchev–Trinajstić information content (AvgIpc) is 2.07. The zero-order valence-electron chi connectivity index (χ0n) is 7.31. The molecule has 0 fully saturated rings. The first-order chi connectivity index (χ1) is 6.11. The van der Waals surface area contributed by atoms with Crippen LogP contribution in [0.5, 0.6) is 5.75 Å². The lowest BCUT2D eigenvalue weighted by Crippen LogP contribution is -2.00. The van der Waals surface area contributed by atoms with Crippen molar-refractivity contribution in [2.75, 3.05) is 6.61 Å². The molecule has 0 saturated heterocycles. The molecule has 0 aliphatic rings. The lowest BCUT2D eigenvalue weighted by atomic mass is 10.3. The van der Waals surface area contributed by atoms with Gasteiger partial charge < -0.3 is 4.74 Å². The number of hydrogen-bond donors (Lipinski definition) is 0. The standard InChI is InChI=1S/C10H10F2O/c1-7(2)6-13-9-5-3-4-8(11)10(9)12/h3-5H,1,6H2,2H3. The van der Waals surface area contributed by atoms with E-state index < -0.39 is 11.6 Å². The molecule has 0 N–H and O–H groups in total. The zero-order valence-corrected chi connectivity index (χ0v) is 7.31. The van der Waals surface area contributed by atoms with Gasteiger partial charge in [0.05, 0.1) is 0 Å². The van der Waals surface area contributed by atoms with Crippen molar-refractivity contribution in [3.8, 4) is 5.75 Å². The fraction of sp³-hybridized carbons (Fsp3) is 0.200.